The van der Waals surface area contributed by atoms with Crippen molar-refractivity contribution in [2.24, 2.45) is 0 Å². The average molecular weight is 582 g/mol. The van der Waals surface area contributed by atoms with Crippen LogP contribution in [-0.4, -0.2) is 76.5 Å². The first-order chi connectivity index (χ1) is 19.9. The van der Waals surface area contributed by atoms with Gasteiger partial charge in [-0.25, -0.2) is 24.2 Å². The summed E-state index contributed by atoms with van der Waals surface area (Å²) in [6.45, 7) is 5.65. The van der Waals surface area contributed by atoms with Crippen LogP contribution >= 0.6 is 0 Å². The second-order valence-corrected chi connectivity index (χ2v) is 9.23. The van der Waals surface area contributed by atoms with E-state index in [0.29, 0.717) is 5.52 Å². The molecule has 12 nitrogen and oxygen atoms in total. The maximum atomic E-state index is 13.4. The Hall–Kier alpha value is -5.00. The molecule has 0 aliphatic rings. The monoisotopic (exact) mass is 581 g/mol. The number of rotatable bonds is 9. The van der Waals surface area contributed by atoms with E-state index in [1.807, 2.05) is 32.9 Å². The Morgan fingerprint density at radius 1 is 0.714 bits per heavy atom. The zero-order chi connectivity index (χ0) is 31.3. The van der Waals surface area contributed by atoms with Crippen LogP contribution in [0.3, 0.4) is 0 Å². The van der Waals surface area contributed by atoms with Crippen LogP contribution < -0.4 is 4.74 Å². The quantitative estimate of drug-likeness (QED) is 0.268. The molecule has 3 rings (SSSR count). The van der Waals surface area contributed by atoms with Gasteiger partial charge in [0.2, 0.25) is 6.10 Å². The average Bonchev–Trinajstić information content (AvgIpc) is 2.98. The molecule has 1 heterocycles. The number of carbonyl (C=O) groups is 5. The molecule has 0 bridgehead atoms. The van der Waals surface area contributed by atoms with Crippen molar-refractivity contribution in [3.8, 4) is 17.0 Å². The number of esters is 5. The second kappa shape index (κ2) is 13.1. The van der Waals surface area contributed by atoms with E-state index in [4.69, 9.17) is 33.4 Å². The number of benzene rings is 2. The number of fused-ring (bicyclic) bond motifs is 1. The van der Waals surface area contributed by atoms with Gasteiger partial charge in [-0.1, -0.05) is 11.6 Å². The highest BCUT2D eigenvalue weighted by Gasteiger charge is 2.36. The van der Waals surface area contributed by atoms with E-state index in [2.05, 4.69) is 0 Å². The SMILES string of the molecule is COC(=O)CC(Oc1cc(C(=O)OC)c(C(=O)OC)c(C(=O)OC)c1-c1cc(C)c2cc(C)cc(C)c2n1)C(=O)OC. The molecule has 222 valence electrons. The van der Waals surface area contributed by atoms with Crippen molar-refractivity contribution >= 4 is 40.7 Å². The van der Waals surface area contributed by atoms with Crippen LogP contribution in [0.1, 0.15) is 54.2 Å². The standard InChI is InChI=1S/C30H31NO11/c1-14-9-16(3)26-17(10-14)15(2)11-19(31-26)24-20(42-21(28(34)39-6)13-22(32)37-4)12-18(27(33)38-5)23(29(35)40-7)25(24)30(36)41-8/h9-12,21H,13H2,1-8H3. The third-order valence-electron chi connectivity index (χ3n) is 6.50. The van der Waals surface area contributed by atoms with Gasteiger partial charge in [0.1, 0.15) is 5.75 Å². The van der Waals surface area contributed by atoms with Gasteiger partial charge in [0.25, 0.3) is 0 Å². The van der Waals surface area contributed by atoms with E-state index in [-0.39, 0.29) is 17.0 Å². The Labute approximate surface area is 241 Å². The lowest BCUT2D eigenvalue weighted by Crippen LogP contribution is -2.32. The van der Waals surface area contributed by atoms with E-state index in [0.717, 1.165) is 63.7 Å². The van der Waals surface area contributed by atoms with E-state index >= 15 is 0 Å². The summed E-state index contributed by atoms with van der Waals surface area (Å²) in [6.07, 6.45) is -2.16. The normalized spacial score (nSPS) is 11.3. The molecule has 2 aromatic carbocycles. The largest absolute Gasteiger partial charge is 0.477 e. The molecule has 0 aliphatic carbocycles. The summed E-state index contributed by atoms with van der Waals surface area (Å²) >= 11 is 0. The number of aromatic nitrogens is 1. The maximum absolute atomic E-state index is 13.4. The number of nitrogens with zero attached hydrogens (tertiary/aromatic N) is 1. The first-order valence-corrected chi connectivity index (χ1v) is 12.6. The Kier molecular flexibility index (Phi) is 9.84. The van der Waals surface area contributed by atoms with Crippen LogP contribution in [0, 0.1) is 20.8 Å². The van der Waals surface area contributed by atoms with Crippen LogP contribution in [-0.2, 0) is 33.3 Å². The summed E-state index contributed by atoms with van der Waals surface area (Å²) in [5.41, 5.74) is 1.91. The molecule has 0 radical (unpaired) electrons. The van der Waals surface area contributed by atoms with Crippen molar-refractivity contribution in [1.82, 2.24) is 4.98 Å². The molecule has 12 heteroatoms. The molecular formula is C30H31NO11. The summed E-state index contributed by atoms with van der Waals surface area (Å²) in [5.74, 6) is -5.12. The molecule has 1 atom stereocenters. The van der Waals surface area contributed by atoms with Crippen molar-refractivity contribution in [3.63, 3.8) is 0 Å². The summed E-state index contributed by atoms with van der Waals surface area (Å²) in [6, 6.07) is 6.65. The van der Waals surface area contributed by atoms with Gasteiger partial charge in [0, 0.05) is 5.39 Å². The summed E-state index contributed by atoms with van der Waals surface area (Å²) < 4.78 is 30.3. The molecule has 0 spiro atoms. The zero-order valence-corrected chi connectivity index (χ0v) is 24.5. The van der Waals surface area contributed by atoms with Gasteiger partial charge in [-0.15, -0.1) is 0 Å². The molecule has 0 aliphatic heterocycles. The van der Waals surface area contributed by atoms with E-state index in [9.17, 15) is 24.0 Å². The number of ether oxygens (including phenoxy) is 6. The van der Waals surface area contributed by atoms with E-state index in [1.165, 1.54) is 0 Å². The molecular weight excluding hydrogens is 550 g/mol. The molecule has 0 N–H and O–H groups in total. The van der Waals surface area contributed by atoms with Gasteiger partial charge in [0.15, 0.2) is 0 Å². The van der Waals surface area contributed by atoms with Gasteiger partial charge < -0.3 is 28.4 Å². The topological polar surface area (TPSA) is 154 Å². The van der Waals surface area contributed by atoms with Crippen molar-refractivity contribution in [1.29, 1.82) is 0 Å². The number of hydrogen-bond donors (Lipinski definition) is 0. The fourth-order valence-electron chi connectivity index (χ4n) is 4.56. The lowest BCUT2D eigenvalue weighted by atomic mass is 9.91. The van der Waals surface area contributed by atoms with Crippen LogP contribution in [0.25, 0.3) is 22.2 Å². The molecule has 1 unspecified atom stereocenters. The second-order valence-electron chi connectivity index (χ2n) is 9.23. The van der Waals surface area contributed by atoms with Crippen LogP contribution in [0.4, 0.5) is 0 Å². The Morgan fingerprint density at radius 2 is 1.33 bits per heavy atom. The maximum Gasteiger partial charge on any atom is 0.347 e. The zero-order valence-electron chi connectivity index (χ0n) is 24.5. The lowest BCUT2D eigenvalue weighted by Gasteiger charge is -2.23. The lowest BCUT2D eigenvalue weighted by molar-refractivity contribution is -0.155. The minimum atomic E-state index is -1.58. The van der Waals surface area contributed by atoms with Crippen molar-refractivity contribution < 1.29 is 52.4 Å². The number of methoxy groups -OCH3 is 5. The minimum Gasteiger partial charge on any atom is -0.477 e. The van der Waals surface area contributed by atoms with Crippen molar-refractivity contribution in [2.75, 3.05) is 35.5 Å². The van der Waals surface area contributed by atoms with E-state index < -0.39 is 59.1 Å². The third kappa shape index (κ3) is 6.17. The Bertz CT molecular complexity index is 1590. The van der Waals surface area contributed by atoms with Crippen molar-refractivity contribution in [3.05, 3.63) is 57.6 Å². The predicted molar refractivity (Wildman–Crippen MR) is 148 cm³/mol. The number of carbonyl (C=O) groups excluding carboxylic acids is 5. The van der Waals surface area contributed by atoms with Gasteiger partial charge in [0.05, 0.1) is 75.4 Å². The van der Waals surface area contributed by atoms with Gasteiger partial charge in [-0.2, -0.15) is 0 Å². The molecule has 42 heavy (non-hydrogen) atoms. The summed E-state index contributed by atoms with van der Waals surface area (Å²) in [4.78, 5) is 69.0. The number of aryl methyl sites for hydroxylation is 3. The number of pyridine rings is 1. The molecule has 0 saturated heterocycles. The molecule has 0 fully saturated rings. The molecule has 0 amide bonds. The smallest absolute Gasteiger partial charge is 0.347 e. The summed E-state index contributed by atoms with van der Waals surface area (Å²) in [7, 11) is 5.45. The first-order valence-electron chi connectivity index (χ1n) is 12.6. The highest BCUT2D eigenvalue weighted by atomic mass is 16.6. The minimum absolute atomic E-state index is 0.0985. The highest BCUT2D eigenvalue weighted by molar-refractivity contribution is 6.14. The predicted octanol–water partition coefficient (Wildman–Crippen LogP) is 3.67. The van der Waals surface area contributed by atoms with Gasteiger partial charge in [-0.3, -0.25) is 4.79 Å². The highest BCUT2D eigenvalue weighted by Crippen LogP contribution is 2.40. The van der Waals surface area contributed by atoms with Gasteiger partial charge >= 0.3 is 29.8 Å². The van der Waals surface area contributed by atoms with Crippen LogP contribution in [0.5, 0.6) is 5.75 Å². The summed E-state index contributed by atoms with van der Waals surface area (Å²) in [5, 5.41) is 0.843. The molecule has 0 saturated carbocycles. The fourth-order valence-corrected chi connectivity index (χ4v) is 4.56. The third-order valence-corrected chi connectivity index (χ3v) is 6.50. The van der Waals surface area contributed by atoms with Crippen LogP contribution in [0.15, 0.2) is 24.3 Å². The Morgan fingerprint density at radius 3 is 1.90 bits per heavy atom. The first kappa shape index (κ1) is 31.5. The fraction of sp³-hybridized carbons (Fsp3) is 0.333. The molecule has 1 aromatic heterocycles. The van der Waals surface area contributed by atoms with Crippen LogP contribution in [0.2, 0.25) is 0 Å². The van der Waals surface area contributed by atoms with Gasteiger partial charge in [-0.05, 0) is 50.1 Å². The Balaban J connectivity index is 2.56. The molecule has 3 aromatic rings. The van der Waals surface area contributed by atoms with E-state index in [1.54, 1.807) is 6.07 Å². The number of hydrogen-bond acceptors (Lipinski definition) is 12. The van der Waals surface area contributed by atoms with Crippen molar-refractivity contribution in [2.45, 2.75) is 33.3 Å².